The van der Waals surface area contributed by atoms with Crippen molar-refractivity contribution in [1.82, 2.24) is 5.32 Å². The molecule has 0 bridgehead atoms. The number of hydrogen-bond acceptors (Lipinski definition) is 2. The van der Waals surface area contributed by atoms with Gasteiger partial charge in [-0.1, -0.05) is 31.9 Å². The molecule has 0 aromatic heterocycles. The van der Waals surface area contributed by atoms with Gasteiger partial charge in [0.15, 0.2) is 0 Å². The molecule has 1 saturated carbocycles. The molecule has 0 amide bonds. The average Bonchev–Trinajstić information content (AvgIpc) is 2.75. The largest absolute Gasteiger partial charge is 0.496 e. The minimum Gasteiger partial charge on any atom is -0.496 e. The lowest BCUT2D eigenvalue weighted by Crippen LogP contribution is -2.23. The van der Waals surface area contributed by atoms with E-state index in [2.05, 4.69) is 37.4 Å². The van der Waals surface area contributed by atoms with Gasteiger partial charge in [-0.05, 0) is 48.9 Å². The molecule has 0 spiro atoms. The molecule has 1 fully saturated rings. The lowest BCUT2D eigenvalue weighted by Gasteiger charge is -2.16. The zero-order valence-corrected chi connectivity index (χ0v) is 11.8. The SMILES string of the molecule is COc1ccc(CNCC2CCCC2C)cc1C. The van der Waals surface area contributed by atoms with Crippen LogP contribution in [0.25, 0.3) is 0 Å². The standard InChI is InChI=1S/C16H25NO/c1-12-5-4-6-15(12)11-17-10-14-7-8-16(18-3)13(2)9-14/h7-9,12,15,17H,4-6,10-11H2,1-3H3. The Morgan fingerprint density at radius 2 is 2.17 bits per heavy atom. The topological polar surface area (TPSA) is 21.3 Å². The van der Waals surface area contributed by atoms with Crippen LogP contribution in [0.4, 0.5) is 0 Å². The van der Waals surface area contributed by atoms with Crippen molar-refractivity contribution in [2.45, 2.75) is 39.7 Å². The Bertz CT molecular complexity index is 389. The normalized spacial score (nSPS) is 23.3. The molecular weight excluding hydrogens is 222 g/mol. The molecule has 2 nitrogen and oxygen atoms in total. The molecule has 1 aromatic rings. The van der Waals surface area contributed by atoms with Gasteiger partial charge in [-0.3, -0.25) is 0 Å². The lowest BCUT2D eigenvalue weighted by molar-refractivity contribution is 0.391. The smallest absolute Gasteiger partial charge is 0.121 e. The summed E-state index contributed by atoms with van der Waals surface area (Å²) < 4.78 is 5.28. The Morgan fingerprint density at radius 1 is 1.33 bits per heavy atom. The van der Waals surface area contributed by atoms with Crippen LogP contribution in [0.15, 0.2) is 18.2 Å². The van der Waals surface area contributed by atoms with Gasteiger partial charge in [0.05, 0.1) is 7.11 Å². The summed E-state index contributed by atoms with van der Waals surface area (Å²) in [5.41, 5.74) is 2.56. The molecule has 1 aliphatic carbocycles. The molecule has 2 heteroatoms. The summed E-state index contributed by atoms with van der Waals surface area (Å²) in [6.07, 6.45) is 4.22. The molecule has 1 N–H and O–H groups in total. The number of ether oxygens (including phenoxy) is 1. The summed E-state index contributed by atoms with van der Waals surface area (Å²) in [7, 11) is 1.72. The van der Waals surface area contributed by atoms with Crippen molar-refractivity contribution in [2.24, 2.45) is 11.8 Å². The molecule has 2 atom stereocenters. The second-order valence-corrected chi connectivity index (χ2v) is 5.60. The fourth-order valence-electron chi connectivity index (χ4n) is 2.98. The van der Waals surface area contributed by atoms with Crippen molar-refractivity contribution in [3.63, 3.8) is 0 Å². The number of aryl methyl sites for hydroxylation is 1. The molecule has 1 aliphatic rings. The lowest BCUT2D eigenvalue weighted by atomic mass is 9.98. The number of nitrogens with one attached hydrogen (secondary N) is 1. The van der Waals surface area contributed by atoms with E-state index in [0.29, 0.717) is 0 Å². The van der Waals surface area contributed by atoms with E-state index in [4.69, 9.17) is 4.74 Å². The van der Waals surface area contributed by atoms with Crippen molar-refractivity contribution in [3.8, 4) is 5.75 Å². The van der Waals surface area contributed by atoms with E-state index >= 15 is 0 Å². The van der Waals surface area contributed by atoms with E-state index in [0.717, 1.165) is 30.7 Å². The van der Waals surface area contributed by atoms with Gasteiger partial charge in [-0.25, -0.2) is 0 Å². The Labute approximate surface area is 111 Å². The van der Waals surface area contributed by atoms with Gasteiger partial charge >= 0.3 is 0 Å². The molecule has 0 saturated heterocycles. The van der Waals surface area contributed by atoms with E-state index in [1.165, 1.54) is 30.4 Å². The summed E-state index contributed by atoms with van der Waals surface area (Å²) in [6, 6.07) is 6.42. The minimum atomic E-state index is 0.879. The van der Waals surface area contributed by atoms with Gasteiger partial charge < -0.3 is 10.1 Å². The number of benzene rings is 1. The van der Waals surface area contributed by atoms with Gasteiger partial charge in [0.25, 0.3) is 0 Å². The van der Waals surface area contributed by atoms with Gasteiger partial charge in [0.1, 0.15) is 5.75 Å². The first-order valence-electron chi connectivity index (χ1n) is 7.05. The van der Waals surface area contributed by atoms with Gasteiger partial charge in [0, 0.05) is 6.54 Å². The zero-order chi connectivity index (χ0) is 13.0. The molecular formula is C16H25NO. The Kier molecular flexibility index (Phi) is 4.65. The van der Waals surface area contributed by atoms with Crippen LogP contribution in [-0.4, -0.2) is 13.7 Å². The summed E-state index contributed by atoms with van der Waals surface area (Å²) in [4.78, 5) is 0. The van der Waals surface area contributed by atoms with Crippen LogP contribution in [0.5, 0.6) is 5.75 Å². The average molecular weight is 247 g/mol. The highest BCUT2D eigenvalue weighted by Gasteiger charge is 2.22. The highest BCUT2D eigenvalue weighted by Crippen LogP contribution is 2.30. The third-order valence-corrected chi connectivity index (χ3v) is 4.23. The highest BCUT2D eigenvalue weighted by molar-refractivity contribution is 5.36. The van der Waals surface area contributed by atoms with Crippen molar-refractivity contribution in [3.05, 3.63) is 29.3 Å². The third kappa shape index (κ3) is 3.26. The molecule has 2 unspecified atom stereocenters. The van der Waals surface area contributed by atoms with Crippen LogP contribution < -0.4 is 10.1 Å². The third-order valence-electron chi connectivity index (χ3n) is 4.23. The van der Waals surface area contributed by atoms with Crippen molar-refractivity contribution in [2.75, 3.05) is 13.7 Å². The van der Waals surface area contributed by atoms with E-state index < -0.39 is 0 Å². The first-order valence-corrected chi connectivity index (χ1v) is 7.05. The molecule has 2 rings (SSSR count). The maximum atomic E-state index is 5.28. The molecule has 0 radical (unpaired) electrons. The highest BCUT2D eigenvalue weighted by atomic mass is 16.5. The quantitative estimate of drug-likeness (QED) is 0.859. The molecule has 0 heterocycles. The van der Waals surface area contributed by atoms with Gasteiger partial charge in [-0.15, -0.1) is 0 Å². The summed E-state index contributed by atoms with van der Waals surface area (Å²) in [5.74, 6) is 2.75. The maximum absolute atomic E-state index is 5.28. The maximum Gasteiger partial charge on any atom is 0.121 e. The Morgan fingerprint density at radius 3 is 2.78 bits per heavy atom. The minimum absolute atomic E-state index is 0.879. The van der Waals surface area contributed by atoms with Crippen LogP contribution in [0.2, 0.25) is 0 Å². The van der Waals surface area contributed by atoms with Crippen LogP contribution >= 0.6 is 0 Å². The summed E-state index contributed by atoms with van der Waals surface area (Å²) in [5, 5.41) is 3.60. The first-order chi connectivity index (χ1) is 8.70. The fourth-order valence-corrected chi connectivity index (χ4v) is 2.98. The van der Waals surface area contributed by atoms with Crippen LogP contribution in [0.3, 0.4) is 0 Å². The van der Waals surface area contributed by atoms with Crippen LogP contribution in [0, 0.1) is 18.8 Å². The van der Waals surface area contributed by atoms with E-state index in [1.54, 1.807) is 7.11 Å². The van der Waals surface area contributed by atoms with Gasteiger partial charge in [-0.2, -0.15) is 0 Å². The van der Waals surface area contributed by atoms with E-state index in [9.17, 15) is 0 Å². The molecule has 100 valence electrons. The summed E-state index contributed by atoms with van der Waals surface area (Å²) >= 11 is 0. The predicted molar refractivity (Wildman–Crippen MR) is 75.9 cm³/mol. The number of methoxy groups -OCH3 is 1. The zero-order valence-electron chi connectivity index (χ0n) is 11.8. The Balaban J connectivity index is 1.81. The Hall–Kier alpha value is -1.02. The van der Waals surface area contributed by atoms with Crippen molar-refractivity contribution in [1.29, 1.82) is 0 Å². The number of rotatable bonds is 5. The first kappa shape index (κ1) is 13.4. The van der Waals surface area contributed by atoms with Crippen molar-refractivity contribution < 1.29 is 4.74 Å². The van der Waals surface area contributed by atoms with E-state index in [1.807, 2.05) is 0 Å². The fraction of sp³-hybridized carbons (Fsp3) is 0.625. The molecule has 1 aromatic carbocycles. The second-order valence-electron chi connectivity index (χ2n) is 5.60. The molecule has 0 aliphatic heterocycles. The van der Waals surface area contributed by atoms with Crippen LogP contribution in [-0.2, 0) is 6.54 Å². The van der Waals surface area contributed by atoms with Crippen LogP contribution in [0.1, 0.15) is 37.3 Å². The van der Waals surface area contributed by atoms with Gasteiger partial charge in [0.2, 0.25) is 0 Å². The second kappa shape index (κ2) is 6.24. The predicted octanol–water partition coefficient (Wildman–Crippen LogP) is 3.53. The molecule has 18 heavy (non-hydrogen) atoms. The monoisotopic (exact) mass is 247 g/mol. The van der Waals surface area contributed by atoms with E-state index in [-0.39, 0.29) is 0 Å². The van der Waals surface area contributed by atoms with Crippen molar-refractivity contribution >= 4 is 0 Å². The number of hydrogen-bond donors (Lipinski definition) is 1. The summed E-state index contributed by atoms with van der Waals surface area (Å²) in [6.45, 7) is 6.61.